The number of halogens is 1. The van der Waals surface area contributed by atoms with E-state index >= 15 is 0 Å². The van der Waals surface area contributed by atoms with E-state index in [9.17, 15) is 0 Å². The average Bonchev–Trinajstić information content (AvgIpc) is 2.97. The van der Waals surface area contributed by atoms with Crippen molar-refractivity contribution in [2.45, 2.75) is 12.8 Å². The fourth-order valence-electron chi connectivity index (χ4n) is 2.50. The Kier molecular flexibility index (Phi) is 3.98. The molecule has 0 radical (unpaired) electrons. The van der Waals surface area contributed by atoms with Crippen LogP contribution in [-0.4, -0.2) is 39.8 Å². The van der Waals surface area contributed by atoms with Gasteiger partial charge in [0.1, 0.15) is 5.69 Å². The van der Waals surface area contributed by atoms with Crippen molar-refractivity contribution < 1.29 is 0 Å². The summed E-state index contributed by atoms with van der Waals surface area (Å²) in [5, 5.41) is 7.28. The molecule has 3 N–H and O–H groups in total. The normalized spacial score (nSPS) is 19.3. The monoisotopic (exact) mass is 336 g/mol. The van der Waals surface area contributed by atoms with Gasteiger partial charge in [-0.2, -0.15) is 4.98 Å². The predicted octanol–water partition coefficient (Wildman–Crippen LogP) is 1.80. The van der Waals surface area contributed by atoms with Crippen LogP contribution in [-0.2, 0) is 0 Å². The zero-order valence-corrected chi connectivity index (χ0v) is 12.7. The third-order valence-electron chi connectivity index (χ3n) is 3.59. The lowest BCUT2D eigenvalue weighted by Gasteiger charge is -2.31. The van der Waals surface area contributed by atoms with Gasteiger partial charge >= 0.3 is 0 Å². The van der Waals surface area contributed by atoms with E-state index in [-0.39, 0.29) is 0 Å². The van der Waals surface area contributed by atoms with E-state index in [0.29, 0.717) is 11.7 Å². The fraction of sp³-hybridized carbons (Fsp3) is 0.462. The quantitative estimate of drug-likeness (QED) is 0.892. The van der Waals surface area contributed by atoms with Crippen molar-refractivity contribution in [1.82, 2.24) is 20.2 Å². The molecule has 1 atom stereocenters. The molecule has 20 heavy (non-hydrogen) atoms. The number of aromatic nitrogens is 4. The van der Waals surface area contributed by atoms with Crippen molar-refractivity contribution in [2.75, 3.05) is 24.5 Å². The second kappa shape index (κ2) is 5.88. The molecule has 1 fully saturated rings. The van der Waals surface area contributed by atoms with Gasteiger partial charge in [0.2, 0.25) is 5.95 Å². The summed E-state index contributed by atoms with van der Waals surface area (Å²) >= 11 is 3.48. The van der Waals surface area contributed by atoms with Gasteiger partial charge in [0, 0.05) is 23.8 Å². The molecule has 6 nitrogen and oxygen atoms in total. The molecular formula is C13H17BrN6. The van der Waals surface area contributed by atoms with Gasteiger partial charge in [-0.05, 0) is 53.4 Å². The van der Waals surface area contributed by atoms with Crippen LogP contribution in [0.1, 0.15) is 12.8 Å². The SMILES string of the molecule is NCC1CCCN(c2n[nH]c(-c3ncccc3Br)n2)C1. The lowest BCUT2D eigenvalue weighted by molar-refractivity contribution is 0.420. The van der Waals surface area contributed by atoms with Gasteiger partial charge in [0.15, 0.2) is 5.82 Å². The molecule has 7 heteroatoms. The second-order valence-electron chi connectivity index (χ2n) is 5.01. The highest BCUT2D eigenvalue weighted by molar-refractivity contribution is 9.10. The standard InChI is InChI=1S/C13H17BrN6/c14-10-4-1-5-16-11(10)12-17-13(19-18-12)20-6-2-3-9(7-15)8-20/h1,4-5,9H,2-3,6-8,15H2,(H,17,18,19). The molecular weight excluding hydrogens is 320 g/mol. The van der Waals surface area contributed by atoms with E-state index in [0.717, 1.165) is 42.2 Å². The molecule has 1 unspecified atom stereocenters. The highest BCUT2D eigenvalue weighted by Crippen LogP contribution is 2.25. The van der Waals surface area contributed by atoms with Gasteiger partial charge in [-0.1, -0.05) is 0 Å². The van der Waals surface area contributed by atoms with Crippen molar-refractivity contribution in [3.63, 3.8) is 0 Å². The number of aromatic amines is 1. The third kappa shape index (κ3) is 2.69. The third-order valence-corrected chi connectivity index (χ3v) is 4.23. The van der Waals surface area contributed by atoms with Crippen LogP contribution < -0.4 is 10.6 Å². The predicted molar refractivity (Wildman–Crippen MR) is 81.3 cm³/mol. The minimum absolute atomic E-state index is 0.535. The van der Waals surface area contributed by atoms with Gasteiger partial charge < -0.3 is 10.6 Å². The van der Waals surface area contributed by atoms with Crippen molar-refractivity contribution in [1.29, 1.82) is 0 Å². The lowest BCUT2D eigenvalue weighted by atomic mass is 9.99. The van der Waals surface area contributed by atoms with Crippen molar-refractivity contribution >= 4 is 21.9 Å². The van der Waals surface area contributed by atoms with Crippen LogP contribution in [0.15, 0.2) is 22.8 Å². The maximum Gasteiger partial charge on any atom is 0.245 e. The summed E-state index contributed by atoms with van der Waals surface area (Å²) in [6, 6.07) is 3.82. The van der Waals surface area contributed by atoms with Crippen molar-refractivity contribution in [2.24, 2.45) is 11.7 Å². The molecule has 0 saturated carbocycles. The van der Waals surface area contributed by atoms with Crippen molar-refractivity contribution in [3.05, 3.63) is 22.8 Å². The first-order valence-corrected chi connectivity index (χ1v) is 7.55. The summed E-state index contributed by atoms with van der Waals surface area (Å²) in [4.78, 5) is 11.1. The van der Waals surface area contributed by atoms with Crippen LogP contribution in [0.2, 0.25) is 0 Å². The summed E-state index contributed by atoms with van der Waals surface area (Å²) in [5.41, 5.74) is 6.54. The van der Waals surface area contributed by atoms with Crippen LogP contribution in [0, 0.1) is 5.92 Å². The average molecular weight is 337 g/mol. The molecule has 0 spiro atoms. The van der Waals surface area contributed by atoms with Crippen LogP contribution in [0.4, 0.5) is 5.95 Å². The van der Waals surface area contributed by atoms with Crippen molar-refractivity contribution in [3.8, 4) is 11.5 Å². The molecule has 1 aliphatic heterocycles. The topological polar surface area (TPSA) is 83.7 Å². The number of nitrogens with zero attached hydrogens (tertiary/aromatic N) is 4. The van der Waals surface area contributed by atoms with E-state index in [1.807, 2.05) is 12.1 Å². The van der Waals surface area contributed by atoms with E-state index in [4.69, 9.17) is 5.73 Å². The highest BCUT2D eigenvalue weighted by atomic mass is 79.9. The van der Waals surface area contributed by atoms with Crippen LogP contribution in [0.25, 0.3) is 11.5 Å². The molecule has 0 aliphatic carbocycles. The lowest BCUT2D eigenvalue weighted by Crippen LogP contribution is -2.38. The van der Waals surface area contributed by atoms with E-state index in [2.05, 4.69) is 41.0 Å². The summed E-state index contributed by atoms with van der Waals surface area (Å²) in [6.45, 7) is 2.63. The summed E-state index contributed by atoms with van der Waals surface area (Å²) in [7, 11) is 0. The van der Waals surface area contributed by atoms with E-state index in [1.165, 1.54) is 6.42 Å². The largest absolute Gasteiger partial charge is 0.339 e. The maximum absolute atomic E-state index is 5.77. The number of pyridine rings is 1. The number of piperidine rings is 1. The minimum atomic E-state index is 0.535. The first-order valence-electron chi connectivity index (χ1n) is 6.76. The zero-order chi connectivity index (χ0) is 13.9. The zero-order valence-electron chi connectivity index (χ0n) is 11.1. The van der Waals surface area contributed by atoms with Gasteiger partial charge in [-0.15, -0.1) is 5.10 Å². The van der Waals surface area contributed by atoms with Gasteiger partial charge in [-0.3, -0.25) is 10.1 Å². The molecule has 1 saturated heterocycles. The first-order chi connectivity index (χ1) is 9.78. The molecule has 106 valence electrons. The summed E-state index contributed by atoms with van der Waals surface area (Å²) < 4.78 is 0.904. The number of hydrogen-bond acceptors (Lipinski definition) is 5. The molecule has 1 aliphatic rings. The number of nitrogens with two attached hydrogens (primary N) is 1. The Morgan fingerprint density at radius 1 is 1.50 bits per heavy atom. The maximum atomic E-state index is 5.77. The van der Waals surface area contributed by atoms with Gasteiger partial charge in [-0.25, -0.2) is 0 Å². The number of nitrogens with one attached hydrogen (secondary N) is 1. The van der Waals surface area contributed by atoms with Gasteiger partial charge in [0.05, 0.1) is 0 Å². The molecule has 3 rings (SSSR count). The Labute approximate surface area is 125 Å². The van der Waals surface area contributed by atoms with Crippen LogP contribution in [0.3, 0.4) is 0 Å². The Balaban J connectivity index is 1.82. The van der Waals surface area contributed by atoms with Crippen LogP contribution >= 0.6 is 15.9 Å². The van der Waals surface area contributed by atoms with Crippen LogP contribution in [0.5, 0.6) is 0 Å². The molecule has 0 aromatic carbocycles. The van der Waals surface area contributed by atoms with E-state index < -0.39 is 0 Å². The second-order valence-corrected chi connectivity index (χ2v) is 5.86. The minimum Gasteiger partial charge on any atom is -0.339 e. The first kappa shape index (κ1) is 13.5. The summed E-state index contributed by atoms with van der Waals surface area (Å²) in [6.07, 6.45) is 4.07. The number of rotatable bonds is 3. The van der Waals surface area contributed by atoms with Gasteiger partial charge in [0.25, 0.3) is 0 Å². The molecule has 3 heterocycles. The molecule has 2 aromatic rings. The fourth-order valence-corrected chi connectivity index (χ4v) is 2.94. The molecule has 0 bridgehead atoms. The Morgan fingerprint density at radius 3 is 3.20 bits per heavy atom. The smallest absolute Gasteiger partial charge is 0.245 e. The summed E-state index contributed by atoms with van der Waals surface area (Å²) in [5.74, 6) is 1.95. The molecule has 2 aromatic heterocycles. The number of H-pyrrole nitrogens is 1. The number of hydrogen-bond donors (Lipinski definition) is 2. The Morgan fingerprint density at radius 2 is 2.40 bits per heavy atom. The highest BCUT2D eigenvalue weighted by Gasteiger charge is 2.22. The Bertz CT molecular complexity index is 584. The number of anilines is 1. The Hall–Kier alpha value is -1.47. The van der Waals surface area contributed by atoms with E-state index in [1.54, 1.807) is 6.20 Å². The molecule has 0 amide bonds.